The number of carboxylic acid groups (broad SMARTS) is 2. The van der Waals surface area contributed by atoms with Gasteiger partial charge in [-0.15, -0.1) is 0 Å². The Bertz CT molecular complexity index is 534. The molecule has 2 atom stereocenters. The molecule has 0 radical (unpaired) electrons. The molecule has 0 spiro atoms. The largest absolute Gasteiger partial charge is 0.478 e. The first-order valence-corrected chi connectivity index (χ1v) is 11.4. The summed E-state index contributed by atoms with van der Waals surface area (Å²) in [6, 6.07) is 4.42. The van der Waals surface area contributed by atoms with Crippen molar-refractivity contribution in [2.45, 2.75) is 6.42 Å². The van der Waals surface area contributed by atoms with Crippen molar-refractivity contribution in [3.8, 4) is 0 Å². The minimum atomic E-state index is -1.09. The van der Waals surface area contributed by atoms with Crippen molar-refractivity contribution >= 4 is 33.5 Å². The van der Waals surface area contributed by atoms with Crippen LogP contribution in [0.25, 0.3) is 0 Å². The van der Waals surface area contributed by atoms with E-state index in [-0.39, 0.29) is 27.0 Å². The number of rotatable bonds is 3. The van der Waals surface area contributed by atoms with Gasteiger partial charge in [0.1, 0.15) is 0 Å². The van der Waals surface area contributed by atoms with E-state index in [0.717, 1.165) is 18.3 Å². The number of carbonyl (C=O) groups is 2. The molecule has 1 fully saturated rings. The summed E-state index contributed by atoms with van der Waals surface area (Å²) < 4.78 is 0. The highest BCUT2D eigenvalue weighted by atomic mass is 31.1. The normalized spacial score (nSPS) is 22.7. The highest BCUT2D eigenvalue weighted by Crippen LogP contribution is 2.43. The van der Waals surface area contributed by atoms with E-state index < -0.39 is 11.9 Å². The minimum Gasteiger partial charge on any atom is -0.478 e. The molecule has 1 aliphatic rings. The lowest BCUT2D eigenvalue weighted by Crippen LogP contribution is -2.27. The highest BCUT2D eigenvalue weighted by molar-refractivity contribution is 7.58. The maximum absolute atomic E-state index is 11.3. The molecule has 7 heteroatoms. The van der Waals surface area contributed by atoms with Crippen molar-refractivity contribution in [1.29, 1.82) is 0 Å². The van der Waals surface area contributed by atoms with Crippen LogP contribution in [0.5, 0.6) is 0 Å². The van der Waals surface area contributed by atoms with Crippen LogP contribution in [0, 0.1) is 0 Å². The Labute approximate surface area is 132 Å². The molecular weight excluding hydrogens is 320 g/mol. The molecule has 0 saturated carbocycles. The zero-order valence-corrected chi connectivity index (χ0v) is 14.6. The van der Waals surface area contributed by atoms with Gasteiger partial charge in [0.25, 0.3) is 0 Å². The van der Waals surface area contributed by atoms with Gasteiger partial charge in [0.2, 0.25) is 0 Å². The molecule has 120 valence electrons. The standard InChI is InChI=1S/C15H21NO4P2/c1-21-4-3-5-22(2)10-16(9-21)13-7-11(14(17)18)6-12(8-13)15(19)20/h6-8H,3-5,9-10H2,1-2H3,(H,17,18)(H,19,20). The number of hydrogen-bond donors (Lipinski definition) is 2. The Hall–Kier alpha value is -1.18. The Morgan fingerprint density at radius 1 is 0.955 bits per heavy atom. The Balaban J connectivity index is 2.39. The second-order valence-corrected chi connectivity index (χ2v) is 10.6. The molecule has 5 nitrogen and oxygen atoms in total. The smallest absolute Gasteiger partial charge is 0.335 e. The molecule has 0 aliphatic carbocycles. The lowest BCUT2D eigenvalue weighted by molar-refractivity contribution is 0.0696. The number of anilines is 1. The fourth-order valence-corrected chi connectivity index (χ4v) is 6.36. The van der Waals surface area contributed by atoms with Gasteiger partial charge in [-0.05, 0) is 50.3 Å². The number of hydrogen-bond acceptors (Lipinski definition) is 3. The quantitative estimate of drug-likeness (QED) is 0.824. The van der Waals surface area contributed by atoms with E-state index >= 15 is 0 Å². The van der Waals surface area contributed by atoms with E-state index in [1.54, 1.807) is 12.1 Å². The summed E-state index contributed by atoms with van der Waals surface area (Å²) in [6.45, 7) is 4.51. The van der Waals surface area contributed by atoms with Gasteiger partial charge < -0.3 is 15.1 Å². The van der Waals surface area contributed by atoms with Crippen LogP contribution in [0.4, 0.5) is 5.69 Å². The monoisotopic (exact) mass is 341 g/mol. The van der Waals surface area contributed by atoms with Crippen LogP contribution in [-0.4, -0.2) is 60.4 Å². The van der Waals surface area contributed by atoms with E-state index in [1.807, 2.05) is 0 Å². The molecule has 1 aromatic carbocycles. The van der Waals surface area contributed by atoms with E-state index in [2.05, 4.69) is 18.2 Å². The SMILES string of the molecule is CP1CCCP(C)CN(c2cc(C(=O)O)cc(C(=O)O)c2)C1. The summed E-state index contributed by atoms with van der Waals surface area (Å²) in [7, 11) is -0.252. The van der Waals surface area contributed by atoms with Gasteiger partial charge in [-0.25, -0.2) is 9.59 Å². The zero-order valence-electron chi connectivity index (χ0n) is 12.8. The third kappa shape index (κ3) is 4.41. The molecule has 0 aromatic heterocycles. The third-order valence-corrected chi connectivity index (χ3v) is 7.49. The van der Waals surface area contributed by atoms with Gasteiger partial charge in [0, 0.05) is 18.3 Å². The lowest BCUT2D eigenvalue weighted by Gasteiger charge is -2.33. The van der Waals surface area contributed by atoms with Crippen molar-refractivity contribution in [2.75, 3.05) is 43.1 Å². The molecule has 1 aromatic rings. The summed E-state index contributed by atoms with van der Waals surface area (Å²) in [4.78, 5) is 24.7. The predicted octanol–water partition coefficient (Wildman–Crippen LogP) is 3.43. The van der Waals surface area contributed by atoms with E-state index in [0.29, 0.717) is 0 Å². The third-order valence-electron chi connectivity index (χ3n) is 3.68. The van der Waals surface area contributed by atoms with Gasteiger partial charge in [-0.1, -0.05) is 15.8 Å². The molecule has 22 heavy (non-hydrogen) atoms. The second kappa shape index (κ2) is 7.39. The molecule has 1 aliphatic heterocycles. The molecule has 1 saturated heterocycles. The van der Waals surface area contributed by atoms with Crippen LogP contribution in [0.3, 0.4) is 0 Å². The maximum atomic E-state index is 11.3. The summed E-state index contributed by atoms with van der Waals surface area (Å²) in [6.07, 6.45) is 5.54. The van der Waals surface area contributed by atoms with Crippen molar-refractivity contribution in [3.63, 3.8) is 0 Å². The highest BCUT2D eigenvalue weighted by Gasteiger charge is 2.20. The summed E-state index contributed by atoms with van der Waals surface area (Å²) >= 11 is 0. The molecule has 0 amide bonds. The van der Waals surface area contributed by atoms with Gasteiger partial charge in [0.05, 0.1) is 11.1 Å². The topological polar surface area (TPSA) is 77.8 Å². The molecule has 2 rings (SSSR count). The number of nitrogens with zero attached hydrogens (tertiary/aromatic N) is 1. The van der Waals surface area contributed by atoms with Crippen molar-refractivity contribution in [1.82, 2.24) is 0 Å². The van der Waals surface area contributed by atoms with E-state index in [4.69, 9.17) is 0 Å². The summed E-state index contributed by atoms with van der Waals surface area (Å²) in [5, 5.41) is 18.4. The Morgan fingerprint density at radius 3 is 1.82 bits per heavy atom. The Morgan fingerprint density at radius 2 is 1.41 bits per heavy atom. The first-order valence-electron chi connectivity index (χ1n) is 7.10. The fraction of sp³-hybridized carbons (Fsp3) is 0.467. The molecule has 2 unspecified atom stereocenters. The van der Waals surface area contributed by atoms with Gasteiger partial charge in [-0.3, -0.25) is 0 Å². The van der Waals surface area contributed by atoms with Crippen molar-refractivity contribution < 1.29 is 19.8 Å². The number of aromatic carboxylic acids is 2. The van der Waals surface area contributed by atoms with Crippen LogP contribution in [0.15, 0.2) is 18.2 Å². The Kier molecular flexibility index (Phi) is 5.77. The van der Waals surface area contributed by atoms with Crippen LogP contribution < -0.4 is 4.90 Å². The first-order chi connectivity index (χ1) is 10.4. The minimum absolute atomic E-state index is 0.0396. The van der Waals surface area contributed by atoms with Crippen LogP contribution in [-0.2, 0) is 0 Å². The number of carboxylic acids is 2. The molecule has 2 N–H and O–H groups in total. The van der Waals surface area contributed by atoms with Gasteiger partial charge in [-0.2, -0.15) is 0 Å². The van der Waals surface area contributed by atoms with Gasteiger partial charge >= 0.3 is 11.9 Å². The molecular formula is C15H21NO4P2. The van der Waals surface area contributed by atoms with Crippen LogP contribution >= 0.6 is 15.8 Å². The second-order valence-electron chi connectivity index (χ2n) is 5.71. The van der Waals surface area contributed by atoms with Crippen LogP contribution in [0.2, 0.25) is 0 Å². The number of benzene rings is 1. The fourth-order valence-electron chi connectivity index (χ4n) is 2.58. The van der Waals surface area contributed by atoms with Gasteiger partial charge in [0.15, 0.2) is 0 Å². The summed E-state index contributed by atoms with van der Waals surface area (Å²) in [5.41, 5.74) is 0.804. The average molecular weight is 341 g/mol. The molecule has 1 heterocycles. The average Bonchev–Trinajstić information content (AvgIpc) is 2.44. The maximum Gasteiger partial charge on any atom is 0.335 e. The first kappa shape index (κ1) is 17.2. The zero-order chi connectivity index (χ0) is 16.3. The molecule has 0 bridgehead atoms. The van der Waals surface area contributed by atoms with Crippen molar-refractivity contribution in [2.24, 2.45) is 0 Å². The summed E-state index contributed by atoms with van der Waals surface area (Å²) in [5.74, 6) is -2.18. The van der Waals surface area contributed by atoms with Crippen LogP contribution in [0.1, 0.15) is 27.1 Å². The predicted molar refractivity (Wildman–Crippen MR) is 92.6 cm³/mol. The van der Waals surface area contributed by atoms with E-state index in [9.17, 15) is 19.8 Å². The van der Waals surface area contributed by atoms with E-state index in [1.165, 1.54) is 24.8 Å². The van der Waals surface area contributed by atoms with Crippen molar-refractivity contribution in [3.05, 3.63) is 29.3 Å². The lowest BCUT2D eigenvalue weighted by atomic mass is 10.1.